The Bertz CT molecular complexity index is 218. The van der Waals surface area contributed by atoms with Crippen molar-refractivity contribution < 1.29 is 0 Å². The number of rotatable bonds is 3. The van der Waals surface area contributed by atoms with E-state index in [1.807, 2.05) is 0 Å². The van der Waals surface area contributed by atoms with Crippen molar-refractivity contribution in [3.63, 3.8) is 0 Å². The molecule has 0 amide bonds. The minimum atomic E-state index is 1.03. The predicted molar refractivity (Wildman–Crippen MR) is 57.5 cm³/mol. The van der Waals surface area contributed by atoms with Crippen molar-refractivity contribution in [2.24, 2.45) is 0 Å². The van der Waals surface area contributed by atoms with Crippen LogP contribution in [0.5, 0.6) is 0 Å². The molecule has 1 rings (SSSR count). The van der Waals surface area contributed by atoms with Gasteiger partial charge in [-0.25, -0.2) is 0 Å². The lowest BCUT2D eigenvalue weighted by molar-refractivity contribution is 0.837. The lowest BCUT2D eigenvalue weighted by atomic mass is 10.1. The number of unbranched alkanes of at least 4 members (excludes halogenated alkanes) is 1. The van der Waals surface area contributed by atoms with E-state index >= 15 is 0 Å². The van der Waals surface area contributed by atoms with Gasteiger partial charge < -0.3 is 0 Å². The Morgan fingerprint density at radius 2 is 2.00 bits per heavy atom. The topological polar surface area (TPSA) is 0 Å². The zero-order valence-electron chi connectivity index (χ0n) is 6.52. The van der Waals surface area contributed by atoms with Crippen LogP contribution in [-0.2, 0) is 6.42 Å². The molecule has 0 fully saturated rings. The molecule has 59 valence electrons. The highest BCUT2D eigenvalue weighted by Gasteiger charge is 1.95. The summed E-state index contributed by atoms with van der Waals surface area (Å²) in [5.41, 5.74) is 1.46. The molecule has 0 saturated heterocycles. The Morgan fingerprint density at radius 3 is 2.64 bits per heavy atom. The number of hydrogen-bond acceptors (Lipinski definition) is 0. The van der Waals surface area contributed by atoms with E-state index in [0.29, 0.717) is 0 Å². The van der Waals surface area contributed by atoms with Crippen LogP contribution in [0.15, 0.2) is 24.3 Å². The molecular formula is C10H12I. The van der Waals surface area contributed by atoms with Crippen molar-refractivity contribution in [1.82, 2.24) is 0 Å². The van der Waals surface area contributed by atoms with Crippen LogP contribution in [0.1, 0.15) is 18.4 Å². The van der Waals surface area contributed by atoms with Gasteiger partial charge in [-0.2, -0.15) is 0 Å². The first kappa shape index (κ1) is 9.04. The van der Waals surface area contributed by atoms with Crippen LogP contribution in [0.3, 0.4) is 0 Å². The molecule has 1 radical (unpaired) electrons. The second-order valence-corrected chi connectivity index (χ2v) is 3.71. The monoisotopic (exact) mass is 259 g/mol. The number of aryl methyl sites for hydroxylation is 1. The highest BCUT2D eigenvalue weighted by Crippen LogP contribution is 2.13. The summed E-state index contributed by atoms with van der Waals surface area (Å²) in [6.45, 7) is 3.83. The first-order chi connectivity index (χ1) is 5.34. The standard InChI is InChI=1S/C10H12I/c1-2-3-6-9-7-4-5-8-10(9)11/h4-5,7-8H,1-3,6H2. The summed E-state index contributed by atoms with van der Waals surface area (Å²) in [6.07, 6.45) is 3.40. The summed E-state index contributed by atoms with van der Waals surface area (Å²) in [6, 6.07) is 8.52. The van der Waals surface area contributed by atoms with E-state index in [9.17, 15) is 0 Å². The number of hydrogen-bond donors (Lipinski definition) is 0. The van der Waals surface area contributed by atoms with Crippen molar-refractivity contribution in [3.05, 3.63) is 40.3 Å². The van der Waals surface area contributed by atoms with Crippen LogP contribution in [0.25, 0.3) is 0 Å². The lowest BCUT2D eigenvalue weighted by Crippen LogP contribution is -1.87. The Morgan fingerprint density at radius 1 is 1.27 bits per heavy atom. The minimum Gasteiger partial charge on any atom is -0.0619 e. The fourth-order valence-electron chi connectivity index (χ4n) is 1.02. The van der Waals surface area contributed by atoms with Gasteiger partial charge in [-0.1, -0.05) is 31.5 Å². The third-order valence-corrected chi connectivity index (χ3v) is 2.71. The summed E-state index contributed by atoms with van der Waals surface area (Å²) in [7, 11) is 0. The first-order valence-electron chi connectivity index (χ1n) is 3.87. The molecule has 0 saturated carbocycles. The second kappa shape index (κ2) is 4.75. The molecule has 0 aromatic heterocycles. The quantitative estimate of drug-likeness (QED) is 0.729. The van der Waals surface area contributed by atoms with E-state index in [4.69, 9.17) is 0 Å². The molecule has 0 spiro atoms. The molecule has 1 heteroatoms. The van der Waals surface area contributed by atoms with Crippen molar-refractivity contribution in [3.8, 4) is 0 Å². The molecular weight excluding hydrogens is 247 g/mol. The summed E-state index contributed by atoms with van der Waals surface area (Å²) < 4.78 is 1.37. The highest BCUT2D eigenvalue weighted by molar-refractivity contribution is 14.1. The maximum Gasteiger partial charge on any atom is 0.0162 e. The molecule has 1 aromatic rings. The van der Waals surface area contributed by atoms with Crippen LogP contribution in [0.4, 0.5) is 0 Å². The van der Waals surface area contributed by atoms with E-state index in [0.717, 1.165) is 6.42 Å². The van der Waals surface area contributed by atoms with Gasteiger partial charge in [-0.05, 0) is 47.1 Å². The summed E-state index contributed by atoms with van der Waals surface area (Å²) in [5.74, 6) is 0. The van der Waals surface area contributed by atoms with Crippen LogP contribution >= 0.6 is 22.6 Å². The lowest BCUT2D eigenvalue weighted by Gasteiger charge is -2.01. The van der Waals surface area contributed by atoms with Gasteiger partial charge in [0, 0.05) is 3.57 Å². The summed E-state index contributed by atoms with van der Waals surface area (Å²) in [5, 5.41) is 0. The SMILES string of the molecule is [CH2]CCCc1ccccc1I. The Hall–Kier alpha value is -0.0500. The molecule has 11 heavy (non-hydrogen) atoms. The van der Waals surface area contributed by atoms with Crippen LogP contribution in [0.2, 0.25) is 0 Å². The summed E-state index contributed by atoms with van der Waals surface area (Å²) in [4.78, 5) is 0. The van der Waals surface area contributed by atoms with Crippen LogP contribution in [-0.4, -0.2) is 0 Å². The van der Waals surface area contributed by atoms with Gasteiger partial charge in [-0.3, -0.25) is 0 Å². The second-order valence-electron chi connectivity index (χ2n) is 2.55. The molecule has 0 nitrogen and oxygen atoms in total. The minimum absolute atomic E-state index is 1.03. The zero-order valence-corrected chi connectivity index (χ0v) is 8.67. The molecule has 0 aliphatic carbocycles. The molecule has 0 aliphatic rings. The van der Waals surface area contributed by atoms with Gasteiger partial charge in [0.25, 0.3) is 0 Å². The van der Waals surface area contributed by atoms with E-state index in [-0.39, 0.29) is 0 Å². The van der Waals surface area contributed by atoms with Gasteiger partial charge in [0.05, 0.1) is 0 Å². The summed E-state index contributed by atoms with van der Waals surface area (Å²) >= 11 is 2.38. The molecule has 0 atom stereocenters. The zero-order chi connectivity index (χ0) is 8.10. The van der Waals surface area contributed by atoms with Gasteiger partial charge in [0.2, 0.25) is 0 Å². The van der Waals surface area contributed by atoms with Crippen LogP contribution in [0, 0.1) is 10.5 Å². The Labute approximate surface area is 82.2 Å². The molecule has 0 unspecified atom stereocenters. The average molecular weight is 259 g/mol. The molecule has 0 heterocycles. The molecule has 0 bridgehead atoms. The molecule has 0 aliphatic heterocycles. The van der Waals surface area contributed by atoms with E-state index in [1.165, 1.54) is 22.0 Å². The third kappa shape index (κ3) is 2.81. The Balaban J connectivity index is 2.62. The van der Waals surface area contributed by atoms with Crippen molar-refractivity contribution >= 4 is 22.6 Å². The fraction of sp³-hybridized carbons (Fsp3) is 0.300. The Kier molecular flexibility index (Phi) is 3.91. The fourth-order valence-corrected chi connectivity index (χ4v) is 1.67. The maximum atomic E-state index is 3.83. The van der Waals surface area contributed by atoms with E-state index in [2.05, 4.69) is 53.8 Å². The smallest absolute Gasteiger partial charge is 0.0162 e. The van der Waals surface area contributed by atoms with Crippen LogP contribution < -0.4 is 0 Å². The number of benzene rings is 1. The molecule has 1 aromatic carbocycles. The normalized spacial score (nSPS) is 10.0. The predicted octanol–water partition coefficient (Wildman–Crippen LogP) is 3.45. The number of halogens is 1. The van der Waals surface area contributed by atoms with Crippen molar-refractivity contribution in [1.29, 1.82) is 0 Å². The van der Waals surface area contributed by atoms with Crippen molar-refractivity contribution in [2.75, 3.05) is 0 Å². The highest BCUT2D eigenvalue weighted by atomic mass is 127. The van der Waals surface area contributed by atoms with Gasteiger partial charge in [-0.15, -0.1) is 0 Å². The van der Waals surface area contributed by atoms with Gasteiger partial charge in [0.1, 0.15) is 0 Å². The van der Waals surface area contributed by atoms with Gasteiger partial charge >= 0.3 is 0 Å². The van der Waals surface area contributed by atoms with Gasteiger partial charge in [0.15, 0.2) is 0 Å². The molecule has 0 N–H and O–H groups in total. The first-order valence-corrected chi connectivity index (χ1v) is 4.95. The van der Waals surface area contributed by atoms with E-state index in [1.54, 1.807) is 0 Å². The van der Waals surface area contributed by atoms with Crippen molar-refractivity contribution in [2.45, 2.75) is 19.3 Å². The third-order valence-electron chi connectivity index (χ3n) is 1.65. The average Bonchev–Trinajstić information content (AvgIpc) is 2.03. The van der Waals surface area contributed by atoms with E-state index < -0.39 is 0 Å². The largest absolute Gasteiger partial charge is 0.0619 e. The maximum absolute atomic E-state index is 3.83.